The van der Waals surface area contributed by atoms with E-state index in [9.17, 15) is 4.79 Å². The van der Waals surface area contributed by atoms with E-state index in [1.807, 2.05) is 24.3 Å². The van der Waals surface area contributed by atoms with Crippen LogP contribution in [0.25, 0.3) is 0 Å². The number of halogens is 2. The third kappa shape index (κ3) is 4.74. The molecular weight excluding hydrogens is 363 g/mol. The van der Waals surface area contributed by atoms with Gasteiger partial charge in [-0.1, -0.05) is 12.1 Å². The van der Waals surface area contributed by atoms with E-state index in [1.165, 1.54) is 12.8 Å². The van der Waals surface area contributed by atoms with Gasteiger partial charge in [0.05, 0.1) is 6.42 Å². The first kappa shape index (κ1) is 15.7. The van der Waals surface area contributed by atoms with Crippen molar-refractivity contribution in [2.75, 3.05) is 6.54 Å². The number of nitrogens with one attached hydrogen (secondary N) is 1. The van der Waals surface area contributed by atoms with E-state index in [0.717, 1.165) is 9.13 Å². The maximum absolute atomic E-state index is 11.9. The van der Waals surface area contributed by atoms with Gasteiger partial charge in [-0.15, -0.1) is 12.4 Å². The van der Waals surface area contributed by atoms with Crippen LogP contribution >= 0.6 is 35.0 Å². The zero-order valence-corrected chi connectivity index (χ0v) is 13.0. The van der Waals surface area contributed by atoms with Crippen LogP contribution in [-0.2, 0) is 11.2 Å². The third-order valence-corrected chi connectivity index (χ3v) is 3.72. The van der Waals surface area contributed by atoms with Crippen LogP contribution in [0.1, 0.15) is 18.4 Å². The summed E-state index contributed by atoms with van der Waals surface area (Å²) in [5.41, 5.74) is 6.72. The molecule has 0 spiro atoms. The molecule has 1 aliphatic carbocycles. The van der Waals surface area contributed by atoms with Crippen molar-refractivity contribution in [1.29, 1.82) is 0 Å². The van der Waals surface area contributed by atoms with Crippen molar-refractivity contribution in [2.24, 2.45) is 11.7 Å². The highest BCUT2D eigenvalue weighted by Gasteiger charge is 2.31. The predicted molar refractivity (Wildman–Crippen MR) is 83.8 cm³/mol. The van der Waals surface area contributed by atoms with Crippen molar-refractivity contribution >= 4 is 40.9 Å². The number of amides is 1. The molecule has 1 aliphatic rings. The number of hydrogen-bond donors (Lipinski definition) is 2. The number of rotatable bonds is 5. The predicted octanol–water partition coefficient (Wildman–Crippen LogP) is 2.11. The van der Waals surface area contributed by atoms with Gasteiger partial charge in [0.1, 0.15) is 0 Å². The van der Waals surface area contributed by atoms with Crippen molar-refractivity contribution < 1.29 is 4.79 Å². The second-order valence-electron chi connectivity index (χ2n) is 4.55. The Hall–Kier alpha value is -0.330. The lowest BCUT2D eigenvalue weighted by Gasteiger charge is -2.15. The fraction of sp³-hybridized carbons (Fsp3) is 0.462. The van der Waals surface area contributed by atoms with Gasteiger partial charge in [-0.2, -0.15) is 0 Å². The van der Waals surface area contributed by atoms with E-state index in [-0.39, 0.29) is 24.4 Å². The first-order chi connectivity index (χ1) is 8.19. The van der Waals surface area contributed by atoms with Crippen LogP contribution in [0, 0.1) is 9.49 Å². The van der Waals surface area contributed by atoms with E-state index in [2.05, 4.69) is 27.9 Å². The largest absolute Gasteiger partial charge is 0.352 e. The Morgan fingerprint density at radius 1 is 1.50 bits per heavy atom. The molecule has 0 radical (unpaired) electrons. The molecule has 1 amide bonds. The lowest BCUT2D eigenvalue weighted by Crippen LogP contribution is -2.42. The highest BCUT2D eigenvalue weighted by atomic mass is 127. The second kappa shape index (κ2) is 7.31. The van der Waals surface area contributed by atoms with E-state index in [0.29, 0.717) is 18.9 Å². The van der Waals surface area contributed by atoms with Crippen LogP contribution in [0.5, 0.6) is 0 Å². The Kier molecular flexibility index (Phi) is 6.38. The molecular formula is C13H18ClIN2O. The van der Waals surface area contributed by atoms with Gasteiger partial charge in [0, 0.05) is 16.2 Å². The average Bonchev–Trinajstić information content (AvgIpc) is 3.09. The summed E-state index contributed by atoms with van der Waals surface area (Å²) in [5.74, 6) is 0.689. The minimum Gasteiger partial charge on any atom is -0.352 e. The van der Waals surface area contributed by atoms with Crippen LogP contribution in [0.15, 0.2) is 24.3 Å². The summed E-state index contributed by atoms with van der Waals surface area (Å²) in [4.78, 5) is 11.9. The van der Waals surface area contributed by atoms with Crippen LogP contribution in [0.3, 0.4) is 0 Å². The summed E-state index contributed by atoms with van der Waals surface area (Å²) in [6.07, 6.45) is 2.84. The van der Waals surface area contributed by atoms with Gasteiger partial charge in [0.15, 0.2) is 0 Å². The Morgan fingerprint density at radius 2 is 2.22 bits per heavy atom. The summed E-state index contributed by atoms with van der Waals surface area (Å²) in [6, 6.07) is 8.19. The Balaban J connectivity index is 0.00000162. The summed E-state index contributed by atoms with van der Waals surface area (Å²) in [5, 5.41) is 3.03. The van der Waals surface area contributed by atoms with Crippen molar-refractivity contribution in [2.45, 2.75) is 25.3 Å². The van der Waals surface area contributed by atoms with Gasteiger partial charge in [-0.05, 0) is 59.0 Å². The van der Waals surface area contributed by atoms with E-state index < -0.39 is 0 Å². The molecule has 1 aromatic rings. The molecule has 5 heteroatoms. The second-order valence-corrected chi connectivity index (χ2v) is 5.80. The molecule has 1 aromatic carbocycles. The SMILES string of the molecule is Cl.NCC(NC(=O)Cc1cccc(I)c1)C1CC1. The number of hydrogen-bond acceptors (Lipinski definition) is 2. The molecule has 3 N–H and O–H groups in total. The van der Waals surface area contributed by atoms with E-state index in [4.69, 9.17) is 5.73 Å². The molecule has 0 saturated heterocycles. The highest BCUT2D eigenvalue weighted by molar-refractivity contribution is 14.1. The first-order valence-electron chi connectivity index (χ1n) is 5.93. The molecule has 1 unspecified atom stereocenters. The quantitative estimate of drug-likeness (QED) is 0.769. The molecule has 0 bridgehead atoms. The molecule has 18 heavy (non-hydrogen) atoms. The monoisotopic (exact) mass is 380 g/mol. The van der Waals surface area contributed by atoms with Gasteiger partial charge in [0.25, 0.3) is 0 Å². The highest BCUT2D eigenvalue weighted by Crippen LogP contribution is 2.32. The fourth-order valence-corrected chi connectivity index (χ4v) is 2.57. The average molecular weight is 381 g/mol. The van der Waals surface area contributed by atoms with Crippen LogP contribution in [0.2, 0.25) is 0 Å². The van der Waals surface area contributed by atoms with Gasteiger partial charge in [-0.25, -0.2) is 0 Å². The molecule has 1 saturated carbocycles. The number of carbonyl (C=O) groups is 1. The molecule has 0 heterocycles. The van der Waals surface area contributed by atoms with E-state index >= 15 is 0 Å². The molecule has 1 fully saturated rings. The normalized spacial score (nSPS) is 15.7. The maximum atomic E-state index is 11.9. The van der Waals surface area contributed by atoms with Crippen LogP contribution in [-0.4, -0.2) is 18.5 Å². The minimum absolute atomic E-state index is 0. The zero-order chi connectivity index (χ0) is 12.3. The molecule has 100 valence electrons. The van der Waals surface area contributed by atoms with Crippen LogP contribution < -0.4 is 11.1 Å². The van der Waals surface area contributed by atoms with Crippen LogP contribution in [0.4, 0.5) is 0 Å². The van der Waals surface area contributed by atoms with Gasteiger partial charge in [0.2, 0.25) is 5.91 Å². The topological polar surface area (TPSA) is 55.1 Å². The fourth-order valence-electron chi connectivity index (χ4n) is 1.96. The van der Waals surface area contributed by atoms with Gasteiger partial charge in [-0.3, -0.25) is 4.79 Å². The molecule has 0 aliphatic heterocycles. The summed E-state index contributed by atoms with van der Waals surface area (Å²) < 4.78 is 1.16. The van der Waals surface area contributed by atoms with Gasteiger partial charge >= 0.3 is 0 Å². The number of nitrogens with two attached hydrogens (primary N) is 1. The van der Waals surface area contributed by atoms with Crippen molar-refractivity contribution in [3.8, 4) is 0 Å². The molecule has 3 nitrogen and oxygen atoms in total. The maximum Gasteiger partial charge on any atom is 0.224 e. The lowest BCUT2D eigenvalue weighted by molar-refractivity contribution is -0.121. The van der Waals surface area contributed by atoms with Crippen molar-refractivity contribution in [3.05, 3.63) is 33.4 Å². The lowest BCUT2D eigenvalue weighted by atomic mass is 10.1. The Morgan fingerprint density at radius 3 is 2.78 bits per heavy atom. The summed E-state index contributed by atoms with van der Waals surface area (Å²) >= 11 is 2.25. The molecule has 2 rings (SSSR count). The summed E-state index contributed by atoms with van der Waals surface area (Å²) in [6.45, 7) is 0.544. The van der Waals surface area contributed by atoms with Gasteiger partial charge < -0.3 is 11.1 Å². The van der Waals surface area contributed by atoms with E-state index in [1.54, 1.807) is 0 Å². The number of benzene rings is 1. The third-order valence-electron chi connectivity index (χ3n) is 3.05. The molecule has 1 atom stereocenters. The zero-order valence-electron chi connectivity index (χ0n) is 10.1. The minimum atomic E-state index is 0. The standard InChI is InChI=1S/C13H17IN2O.ClH/c14-11-3-1-2-9(6-11)7-13(17)16-12(8-15)10-4-5-10;/h1-3,6,10,12H,4-5,7-8,15H2,(H,16,17);1H. The smallest absolute Gasteiger partial charge is 0.224 e. The molecule has 0 aromatic heterocycles. The first-order valence-corrected chi connectivity index (χ1v) is 7.01. The number of carbonyl (C=O) groups excluding carboxylic acids is 1. The Bertz CT molecular complexity index is 410. The van der Waals surface area contributed by atoms with Crippen molar-refractivity contribution in [1.82, 2.24) is 5.32 Å². The van der Waals surface area contributed by atoms with Crippen molar-refractivity contribution in [3.63, 3.8) is 0 Å². The summed E-state index contributed by atoms with van der Waals surface area (Å²) in [7, 11) is 0. The Labute approximate surface area is 127 Å².